The summed E-state index contributed by atoms with van der Waals surface area (Å²) < 4.78 is 2.22. The Balaban J connectivity index is 1.18. The van der Waals surface area contributed by atoms with E-state index < -0.39 is 0 Å². The summed E-state index contributed by atoms with van der Waals surface area (Å²) in [4.78, 5) is 5.27. The summed E-state index contributed by atoms with van der Waals surface area (Å²) in [5, 5.41) is 4.61. The first-order valence-electron chi connectivity index (χ1n) is 15.7. The van der Waals surface area contributed by atoms with E-state index in [-0.39, 0.29) is 6.17 Å². The maximum Gasteiger partial charge on any atom is 0.141 e. The van der Waals surface area contributed by atoms with E-state index in [0.29, 0.717) is 18.4 Å². The third kappa shape index (κ3) is 6.03. The number of rotatable bonds is 9. The molecule has 0 saturated carbocycles. The quantitative estimate of drug-likeness (QED) is 0.104. The van der Waals surface area contributed by atoms with Crippen LogP contribution in [-0.2, 0) is 6.54 Å². The van der Waals surface area contributed by atoms with Gasteiger partial charge in [-0.15, -0.1) is 0 Å². The molecule has 4 nitrogen and oxygen atoms in total. The maximum atomic E-state index is 5.27. The van der Waals surface area contributed by atoms with Crippen molar-refractivity contribution in [3.8, 4) is 11.1 Å². The molecule has 3 atom stereocenters. The highest BCUT2D eigenvalue weighted by Gasteiger charge is 2.24. The topological polar surface area (TPSA) is 32.6 Å². The summed E-state index contributed by atoms with van der Waals surface area (Å²) in [6, 6.07) is 47.2. The van der Waals surface area contributed by atoms with Crippen LogP contribution in [0, 0.1) is 5.92 Å². The molecular formula is C41H38N4. The lowest BCUT2D eigenvalue weighted by Gasteiger charge is -2.31. The number of hydrogen-bond donors (Lipinski definition) is 1. The number of hydrogen-bond acceptors (Lipinski definition) is 3. The summed E-state index contributed by atoms with van der Waals surface area (Å²) in [6.45, 7) is 3.00. The van der Waals surface area contributed by atoms with Crippen molar-refractivity contribution in [3.63, 3.8) is 0 Å². The van der Waals surface area contributed by atoms with E-state index in [1.165, 1.54) is 38.6 Å². The van der Waals surface area contributed by atoms with Gasteiger partial charge in [-0.2, -0.15) is 0 Å². The molecule has 1 heterocycles. The fraction of sp³-hybridized carbons (Fsp3) is 0.146. The molecule has 1 aliphatic carbocycles. The van der Waals surface area contributed by atoms with Crippen LogP contribution in [0.3, 0.4) is 0 Å². The zero-order valence-electron chi connectivity index (χ0n) is 25.8. The van der Waals surface area contributed by atoms with Crippen LogP contribution in [0.15, 0.2) is 162 Å². The normalized spacial score (nSPS) is 17.4. The van der Waals surface area contributed by atoms with Crippen LogP contribution in [0.4, 0.5) is 0 Å². The Hall–Kier alpha value is -5.03. The molecule has 0 bridgehead atoms. The molecule has 0 amide bonds. The summed E-state index contributed by atoms with van der Waals surface area (Å²) in [5.41, 5.74) is 12.2. The summed E-state index contributed by atoms with van der Waals surface area (Å²) >= 11 is 0. The molecule has 7 rings (SSSR count). The number of allylic oxidation sites excluding steroid dienone is 2. The van der Waals surface area contributed by atoms with E-state index in [2.05, 4.69) is 181 Å². The van der Waals surface area contributed by atoms with Gasteiger partial charge in [0.2, 0.25) is 0 Å². The van der Waals surface area contributed by atoms with Gasteiger partial charge in [-0.05, 0) is 45.9 Å². The maximum absolute atomic E-state index is 5.27. The molecule has 222 valence electrons. The van der Waals surface area contributed by atoms with Crippen molar-refractivity contribution < 1.29 is 0 Å². The molecule has 0 radical (unpaired) electrons. The largest absolute Gasteiger partial charge is 0.300 e. The van der Waals surface area contributed by atoms with Gasteiger partial charge in [-0.3, -0.25) is 0 Å². The predicted octanol–water partition coefficient (Wildman–Crippen LogP) is 9.22. The number of benzene rings is 5. The number of fused-ring (bicyclic) bond motifs is 3. The number of likely N-dealkylation sites (N-methyl/N-ethyl adjacent to an activating group) is 1. The first-order chi connectivity index (χ1) is 22.2. The van der Waals surface area contributed by atoms with E-state index in [0.717, 1.165) is 11.0 Å². The van der Waals surface area contributed by atoms with E-state index >= 15 is 0 Å². The number of nitrogens with zero attached hydrogens (tertiary/aromatic N) is 3. The molecule has 1 aliphatic rings. The van der Waals surface area contributed by atoms with Crippen LogP contribution in [0.2, 0.25) is 0 Å². The summed E-state index contributed by atoms with van der Waals surface area (Å²) in [5.74, 6) is 0.690. The predicted molar refractivity (Wildman–Crippen MR) is 189 cm³/mol. The average molecular weight is 587 g/mol. The van der Waals surface area contributed by atoms with Crippen molar-refractivity contribution in [2.45, 2.75) is 25.6 Å². The Labute approximate surface area is 265 Å². The van der Waals surface area contributed by atoms with Crippen molar-refractivity contribution in [2.24, 2.45) is 10.9 Å². The van der Waals surface area contributed by atoms with Gasteiger partial charge in [-0.25, -0.2) is 15.4 Å². The second-order valence-corrected chi connectivity index (χ2v) is 11.9. The van der Waals surface area contributed by atoms with Gasteiger partial charge in [0.25, 0.3) is 0 Å². The SMILES string of the molecule is CC1C=C(C(N=Cn2c3ccccc3c3ccccc32)N(C)NCc2ccc(-c3ccccc3)cc2)C=CC1c1ccccc1. The number of nitrogens with one attached hydrogen (secondary N) is 1. The second kappa shape index (κ2) is 12.9. The monoisotopic (exact) mass is 586 g/mol. The standard InChI is InChI=1S/C41H38N4/c1-30-27-35(25-26-36(30)34-15-7-4-8-16-34)41(42-29-45-39-19-11-9-17-37(39)38-18-10-12-20-40(38)45)44(2)43-28-31-21-23-33(24-22-31)32-13-5-3-6-14-32/h3-27,29-30,36,41,43H,28H2,1-2H3. The van der Waals surface area contributed by atoms with Gasteiger partial charge in [-0.1, -0.05) is 146 Å². The fourth-order valence-electron chi connectivity index (χ4n) is 6.48. The van der Waals surface area contributed by atoms with Crippen molar-refractivity contribution in [2.75, 3.05) is 7.05 Å². The van der Waals surface area contributed by atoms with Crippen LogP contribution in [0.25, 0.3) is 32.9 Å². The summed E-state index contributed by atoms with van der Waals surface area (Å²) in [6.07, 6.45) is 8.78. The number of hydrazine groups is 1. The van der Waals surface area contributed by atoms with Gasteiger partial charge in [0.15, 0.2) is 0 Å². The molecule has 6 aromatic rings. The Kier molecular flexibility index (Phi) is 8.24. The summed E-state index contributed by atoms with van der Waals surface area (Å²) in [7, 11) is 2.09. The molecule has 3 unspecified atom stereocenters. The molecule has 0 aliphatic heterocycles. The van der Waals surface area contributed by atoms with Crippen LogP contribution in [0.5, 0.6) is 0 Å². The number of para-hydroxylation sites is 2. The minimum absolute atomic E-state index is 0.219. The van der Waals surface area contributed by atoms with Crippen molar-refractivity contribution in [1.29, 1.82) is 0 Å². The molecule has 0 saturated heterocycles. The highest BCUT2D eigenvalue weighted by molar-refractivity contribution is 6.11. The molecule has 1 N–H and O–H groups in total. The number of aliphatic imine (C=N–C) groups is 1. The fourth-order valence-corrected chi connectivity index (χ4v) is 6.48. The Morgan fingerprint density at radius 1 is 0.733 bits per heavy atom. The Morgan fingerprint density at radius 3 is 1.96 bits per heavy atom. The lowest BCUT2D eigenvalue weighted by atomic mass is 9.82. The molecule has 4 heteroatoms. The smallest absolute Gasteiger partial charge is 0.141 e. The highest BCUT2D eigenvalue weighted by Crippen LogP contribution is 2.34. The van der Waals surface area contributed by atoms with Crippen molar-refractivity contribution >= 4 is 28.1 Å². The molecular weight excluding hydrogens is 548 g/mol. The molecule has 0 spiro atoms. The Morgan fingerprint density at radius 2 is 1.31 bits per heavy atom. The molecule has 1 aromatic heterocycles. The van der Waals surface area contributed by atoms with Crippen LogP contribution >= 0.6 is 0 Å². The lowest BCUT2D eigenvalue weighted by Crippen LogP contribution is -2.42. The highest BCUT2D eigenvalue weighted by atomic mass is 15.5. The van der Waals surface area contributed by atoms with Crippen LogP contribution in [-0.4, -0.2) is 29.1 Å². The molecule has 0 fully saturated rings. The van der Waals surface area contributed by atoms with Gasteiger partial charge in [0, 0.05) is 30.3 Å². The van der Waals surface area contributed by atoms with E-state index in [1.807, 2.05) is 6.34 Å². The third-order valence-corrected chi connectivity index (χ3v) is 8.90. The van der Waals surface area contributed by atoms with Crippen LogP contribution in [0.1, 0.15) is 24.0 Å². The van der Waals surface area contributed by atoms with Crippen molar-refractivity contribution in [1.82, 2.24) is 15.0 Å². The van der Waals surface area contributed by atoms with Gasteiger partial charge in [0.05, 0.1) is 17.4 Å². The number of aromatic nitrogens is 1. The first kappa shape index (κ1) is 28.7. The van der Waals surface area contributed by atoms with E-state index in [4.69, 9.17) is 4.99 Å². The first-order valence-corrected chi connectivity index (χ1v) is 15.7. The third-order valence-electron chi connectivity index (χ3n) is 8.90. The van der Waals surface area contributed by atoms with Crippen LogP contribution < -0.4 is 5.43 Å². The molecule has 45 heavy (non-hydrogen) atoms. The second-order valence-electron chi connectivity index (χ2n) is 11.9. The van der Waals surface area contributed by atoms with Gasteiger partial charge >= 0.3 is 0 Å². The van der Waals surface area contributed by atoms with Gasteiger partial charge in [0.1, 0.15) is 6.17 Å². The average Bonchev–Trinajstić information content (AvgIpc) is 3.42. The zero-order chi connectivity index (χ0) is 30.6. The van der Waals surface area contributed by atoms with E-state index in [9.17, 15) is 0 Å². The lowest BCUT2D eigenvalue weighted by molar-refractivity contribution is 0.188. The Bertz CT molecular complexity index is 1930. The molecule has 5 aromatic carbocycles. The minimum Gasteiger partial charge on any atom is -0.300 e. The van der Waals surface area contributed by atoms with Gasteiger partial charge < -0.3 is 4.57 Å². The minimum atomic E-state index is -0.219. The zero-order valence-corrected chi connectivity index (χ0v) is 25.8. The van der Waals surface area contributed by atoms with E-state index in [1.54, 1.807) is 0 Å². The van der Waals surface area contributed by atoms with Crippen molar-refractivity contribution in [3.05, 3.63) is 168 Å².